The lowest BCUT2D eigenvalue weighted by Crippen LogP contribution is -2.55. The number of hydrogen-bond donors (Lipinski definition) is 2. The molecule has 2 N–H and O–H groups in total. The number of benzene rings is 1. The molecule has 2 heterocycles. The summed E-state index contributed by atoms with van der Waals surface area (Å²) in [5.74, 6) is -1.01. The molecule has 2 aromatic rings. The molecule has 0 unspecified atom stereocenters. The highest BCUT2D eigenvalue weighted by molar-refractivity contribution is 7.91. The normalized spacial score (nSPS) is 16.8. The monoisotopic (exact) mass is 478 g/mol. The lowest BCUT2D eigenvalue weighted by atomic mass is 9.81. The first-order chi connectivity index (χ1) is 14.8. The number of fused-ring (bicyclic) bond motifs is 1. The average Bonchev–Trinajstić information content (AvgIpc) is 3.05. The van der Waals surface area contributed by atoms with Crippen LogP contribution in [-0.2, 0) is 26.5 Å². The Bertz CT molecular complexity index is 1160. The zero-order valence-electron chi connectivity index (χ0n) is 19.3. The van der Waals surface area contributed by atoms with E-state index in [1.54, 1.807) is 26.0 Å². The Morgan fingerprint density at radius 2 is 1.88 bits per heavy atom. The van der Waals surface area contributed by atoms with Crippen LogP contribution in [0.25, 0.3) is 0 Å². The highest BCUT2D eigenvalue weighted by Gasteiger charge is 2.42. The van der Waals surface area contributed by atoms with Gasteiger partial charge in [0.2, 0.25) is 0 Å². The smallest absolute Gasteiger partial charge is 0.341 e. The van der Waals surface area contributed by atoms with E-state index in [0.29, 0.717) is 17.0 Å². The molecule has 0 bridgehead atoms. The Hall–Kier alpha value is -2.23. The molecule has 7 nitrogen and oxygen atoms in total. The van der Waals surface area contributed by atoms with Crippen molar-refractivity contribution in [1.29, 1.82) is 0 Å². The summed E-state index contributed by atoms with van der Waals surface area (Å²) in [7, 11) is -3.45. The zero-order chi connectivity index (χ0) is 23.9. The standard InChI is InChI=1S/C23H30N2O5S2/c1-7-30-21(27)17-16-13-22(3,4)25-23(5,6)18(16)31-20(17)24-19(26)14-10-9-11-15(12-14)32(28,29)8-2/h9-12,25H,7-8,13H2,1-6H3,(H,24,26). The third kappa shape index (κ3) is 4.74. The van der Waals surface area contributed by atoms with E-state index in [9.17, 15) is 18.0 Å². The highest BCUT2D eigenvalue weighted by atomic mass is 32.2. The topological polar surface area (TPSA) is 102 Å². The van der Waals surface area contributed by atoms with Crippen LogP contribution in [0.4, 0.5) is 5.00 Å². The van der Waals surface area contributed by atoms with Crippen molar-refractivity contribution in [2.24, 2.45) is 0 Å². The van der Waals surface area contributed by atoms with Crippen molar-refractivity contribution in [2.45, 2.75) is 63.9 Å². The Morgan fingerprint density at radius 1 is 1.19 bits per heavy atom. The predicted octanol–water partition coefficient (Wildman–Crippen LogP) is 4.13. The second-order valence-electron chi connectivity index (χ2n) is 9.03. The van der Waals surface area contributed by atoms with Gasteiger partial charge in [-0.3, -0.25) is 4.79 Å². The van der Waals surface area contributed by atoms with Gasteiger partial charge < -0.3 is 15.4 Å². The molecule has 1 aliphatic heterocycles. The number of ether oxygens (including phenoxy) is 1. The number of anilines is 1. The quantitative estimate of drug-likeness (QED) is 0.606. The molecule has 9 heteroatoms. The van der Waals surface area contributed by atoms with Gasteiger partial charge in [-0.25, -0.2) is 13.2 Å². The van der Waals surface area contributed by atoms with Crippen LogP contribution < -0.4 is 10.6 Å². The first-order valence-electron chi connectivity index (χ1n) is 10.6. The first-order valence-corrected chi connectivity index (χ1v) is 13.0. The Labute approximate surface area is 193 Å². The van der Waals surface area contributed by atoms with Crippen LogP contribution in [0.5, 0.6) is 0 Å². The number of amides is 1. The molecule has 32 heavy (non-hydrogen) atoms. The fourth-order valence-electron chi connectivity index (χ4n) is 4.21. The van der Waals surface area contributed by atoms with E-state index in [1.807, 2.05) is 13.8 Å². The molecule has 1 aromatic carbocycles. The third-order valence-corrected chi connectivity index (χ3v) is 8.59. The molecular formula is C23H30N2O5S2. The van der Waals surface area contributed by atoms with Crippen LogP contribution in [0.1, 0.15) is 72.7 Å². The molecule has 0 atom stereocenters. The Morgan fingerprint density at radius 3 is 2.50 bits per heavy atom. The minimum atomic E-state index is -3.45. The summed E-state index contributed by atoms with van der Waals surface area (Å²) in [6, 6.07) is 5.93. The first kappa shape index (κ1) is 24.4. The lowest BCUT2D eigenvalue weighted by Gasteiger charge is -2.42. The van der Waals surface area contributed by atoms with Gasteiger partial charge in [0.25, 0.3) is 5.91 Å². The number of sulfone groups is 1. The molecule has 1 aliphatic rings. The van der Waals surface area contributed by atoms with Gasteiger partial charge in [0.15, 0.2) is 9.84 Å². The van der Waals surface area contributed by atoms with Crippen LogP contribution >= 0.6 is 11.3 Å². The molecule has 0 fully saturated rings. The Kier molecular flexibility index (Phi) is 6.57. The molecule has 0 saturated heterocycles. The van der Waals surface area contributed by atoms with Crippen LogP contribution in [0.15, 0.2) is 29.2 Å². The van der Waals surface area contributed by atoms with Crippen molar-refractivity contribution in [2.75, 3.05) is 17.7 Å². The maximum atomic E-state index is 13.0. The van der Waals surface area contributed by atoms with Crippen molar-refractivity contribution in [3.05, 3.63) is 45.8 Å². The number of carbonyl (C=O) groups is 2. The second kappa shape index (κ2) is 8.61. The van der Waals surface area contributed by atoms with Gasteiger partial charge in [-0.1, -0.05) is 13.0 Å². The third-order valence-electron chi connectivity index (χ3n) is 5.39. The fourth-order valence-corrected chi connectivity index (χ4v) is 6.39. The minimum Gasteiger partial charge on any atom is -0.462 e. The fraction of sp³-hybridized carbons (Fsp3) is 0.478. The van der Waals surface area contributed by atoms with Gasteiger partial charge in [0, 0.05) is 21.5 Å². The highest BCUT2D eigenvalue weighted by Crippen LogP contribution is 2.45. The van der Waals surface area contributed by atoms with E-state index in [0.717, 1.165) is 10.4 Å². The summed E-state index contributed by atoms with van der Waals surface area (Å²) < 4.78 is 29.7. The molecular weight excluding hydrogens is 448 g/mol. The second-order valence-corrected chi connectivity index (χ2v) is 12.3. The Balaban J connectivity index is 2.06. The summed E-state index contributed by atoms with van der Waals surface area (Å²) in [6.45, 7) is 11.8. The molecule has 0 aliphatic carbocycles. The molecule has 1 aromatic heterocycles. The van der Waals surface area contributed by atoms with E-state index < -0.39 is 27.3 Å². The summed E-state index contributed by atoms with van der Waals surface area (Å²) in [5, 5.41) is 6.85. The van der Waals surface area contributed by atoms with Gasteiger partial charge >= 0.3 is 5.97 Å². The average molecular weight is 479 g/mol. The van der Waals surface area contributed by atoms with Crippen LogP contribution in [0, 0.1) is 0 Å². The van der Waals surface area contributed by atoms with Crippen molar-refractivity contribution in [3.63, 3.8) is 0 Å². The maximum Gasteiger partial charge on any atom is 0.341 e. The predicted molar refractivity (Wildman–Crippen MR) is 126 cm³/mol. The molecule has 174 valence electrons. The van der Waals surface area contributed by atoms with Gasteiger partial charge in [0.05, 0.1) is 22.8 Å². The summed E-state index contributed by atoms with van der Waals surface area (Å²) in [5.41, 5.74) is 0.808. The molecule has 0 spiro atoms. The van der Waals surface area contributed by atoms with Gasteiger partial charge in [-0.05, 0) is 64.8 Å². The van der Waals surface area contributed by atoms with E-state index in [1.165, 1.54) is 23.5 Å². The summed E-state index contributed by atoms with van der Waals surface area (Å²) in [6.07, 6.45) is 0.608. The maximum absolute atomic E-state index is 13.0. The number of carbonyl (C=O) groups excluding carboxylic acids is 2. The van der Waals surface area contributed by atoms with E-state index in [2.05, 4.69) is 24.5 Å². The zero-order valence-corrected chi connectivity index (χ0v) is 20.9. The van der Waals surface area contributed by atoms with E-state index >= 15 is 0 Å². The van der Waals surface area contributed by atoms with Crippen LogP contribution in [0.2, 0.25) is 0 Å². The SMILES string of the molecule is CCOC(=O)c1c(NC(=O)c2cccc(S(=O)(=O)CC)c2)sc2c1CC(C)(C)NC2(C)C. The molecule has 3 rings (SSSR count). The van der Waals surface area contributed by atoms with Crippen molar-refractivity contribution < 1.29 is 22.7 Å². The van der Waals surface area contributed by atoms with Gasteiger partial charge in [-0.2, -0.15) is 0 Å². The van der Waals surface area contributed by atoms with Gasteiger partial charge in [-0.15, -0.1) is 11.3 Å². The van der Waals surface area contributed by atoms with Crippen molar-refractivity contribution in [3.8, 4) is 0 Å². The number of nitrogens with one attached hydrogen (secondary N) is 2. The summed E-state index contributed by atoms with van der Waals surface area (Å²) in [4.78, 5) is 27.0. The van der Waals surface area contributed by atoms with Crippen LogP contribution in [-0.4, -0.2) is 38.2 Å². The van der Waals surface area contributed by atoms with E-state index in [-0.39, 0.29) is 28.4 Å². The number of esters is 1. The van der Waals surface area contributed by atoms with Crippen LogP contribution in [0.3, 0.4) is 0 Å². The molecule has 1 amide bonds. The van der Waals surface area contributed by atoms with Gasteiger partial charge in [0.1, 0.15) is 5.00 Å². The van der Waals surface area contributed by atoms with Crippen molar-refractivity contribution in [1.82, 2.24) is 5.32 Å². The molecule has 0 saturated carbocycles. The number of thiophene rings is 1. The van der Waals surface area contributed by atoms with E-state index in [4.69, 9.17) is 4.74 Å². The van der Waals surface area contributed by atoms with Crippen molar-refractivity contribution >= 4 is 38.1 Å². The molecule has 0 radical (unpaired) electrons. The largest absolute Gasteiger partial charge is 0.462 e. The summed E-state index contributed by atoms with van der Waals surface area (Å²) >= 11 is 1.35. The number of hydrogen-bond acceptors (Lipinski definition) is 7. The number of rotatable bonds is 6. The minimum absolute atomic E-state index is 0.0550. The lowest BCUT2D eigenvalue weighted by molar-refractivity contribution is 0.0525.